The number of nitrogens with one attached hydrogen (secondary N) is 2. The Bertz CT molecular complexity index is 269. The lowest BCUT2D eigenvalue weighted by molar-refractivity contribution is -0.125. The Hall–Kier alpha value is -1.83. The average molecular weight is 232 g/mol. The van der Waals surface area contributed by atoms with Crippen LogP contribution in [0.3, 0.4) is 0 Å². The molecule has 0 aliphatic carbocycles. The van der Waals surface area contributed by atoms with E-state index in [-0.39, 0.29) is 13.1 Å². The fourth-order valence-electron chi connectivity index (χ4n) is 0.954. The van der Waals surface area contributed by atoms with Gasteiger partial charge in [0.25, 0.3) is 0 Å². The summed E-state index contributed by atoms with van der Waals surface area (Å²) in [6, 6.07) is -0.769. The molecule has 0 saturated carbocycles. The molecule has 0 heterocycles. The van der Waals surface area contributed by atoms with Crippen molar-refractivity contribution in [2.75, 3.05) is 13.1 Å². The first-order chi connectivity index (χ1) is 7.43. The van der Waals surface area contributed by atoms with Crippen molar-refractivity contribution in [2.24, 2.45) is 11.5 Å². The molecule has 16 heavy (non-hydrogen) atoms. The lowest BCUT2D eigenvalue weighted by atomic mass is 10.1. The molecule has 0 aromatic rings. The third-order valence-electron chi connectivity index (χ3n) is 1.74. The highest BCUT2D eigenvalue weighted by Gasteiger charge is 2.13. The molecule has 8 nitrogen and oxygen atoms in total. The van der Waals surface area contributed by atoms with Crippen LogP contribution in [0.2, 0.25) is 0 Å². The Morgan fingerprint density at radius 1 is 1.25 bits per heavy atom. The van der Waals surface area contributed by atoms with Crippen molar-refractivity contribution in [1.82, 2.24) is 10.6 Å². The fourth-order valence-corrected chi connectivity index (χ4v) is 0.954. The molecule has 0 aliphatic heterocycles. The van der Waals surface area contributed by atoms with Gasteiger partial charge < -0.3 is 27.2 Å². The molecule has 1 atom stereocenters. The Labute approximate surface area is 92.4 Å². The summed E-state index contributed by atoms with van der Waals surface area (Å²) in [4.78, 5) is 31.6. The Kier molecular flexibility index (Phi) is 6.61. The van der Waals surface area contributed by atoms with E-state index >= 15 is 0 Å². The van der Waals surface area contributed by atoms with Crippen molar-refractivity contribution in [3.05, 3.63) is 0 Å². The second kappa shape index (κ2) is 7.46. The van der Waals surface area contributed by atoms with E-state index in [1.54, 1.807) is 0 Å². The van der Waals surface area contributed by atoms with Crippen molar-refractivity contribution < 1.29 is 19.5 Å². The Morgan fingerprint density at radius 3 is 2.38 bits per heavy atom. The van der Waals surface area contributed by atoms with Crippen molar-refractivity contribution in [1.29, 1.82) is 0 Å². The smallest absolute Gasteiger partial charge is 0.404 e. The number of amides is 3. The molecule has 0 spiro atoms. The lowest BCUT2D eigenvalue weighted by Crippen LogP contribution is -2.44. The van der Waals surface area contributed by atoms with Gasteiger partial charge in [-0.2, -0.15) is 0 Å². The van der Waals surface area contributed by atoms with Crippen LogP contribution in [0.4, 0.5) is 4.79 Å². The van der Waals surface area contributed by atoms with Gasteiger partial charge in [0.15, 0.2) is 0 Å². The maximum absolute atomic E-state index is 11.2. The molecule has 8 heteroatoms. The van der Waals surface area contributed by atoms with Crippen molar-refractivity contribution >= 4 is 17.9 Å². The molecule has 0 radical (unpaired) electrons. The second-order valence-corrected chi connectivity index (χ2v) is 3.16. The van der Waals surface area contributed by atoms with Crippen LogP contribution in [-0.2, 0) is 9.59 Å². The number of hydrogen-bond donors (Lipinski definition) is 5. The summed E-state index contributed by atoms with van der Waals surface area (Å²) in [6.07, 6.45) is -0.353. The van der Waals surface area contributed by atoms with Gasteiger partial charge in [0.05, 0.1) is 12.6 Å². The zero-order valence-corrected chi connectivity index (χ0v) is 8.73. The van der Waals surface area contributed by atoms with E-state index in [9.17, 15) is 14.4 Å². The third kappa shape index (κ3) is 7.56. The first-order valence-corrected chi connectivity index (χ1v) is 4.72. The van der Waals surface area contributed by atoms with Crippen LogP contribution in [0.5, 0.6) is 0 Å². The summed E-state index contributed by atoms with van der Waals surface area (Å²) in [5.74, 6) is -1.12. The molecule has 0 bridgehead atoms. The predicted molar refractivity (Wildman–Crippen MR) is 55.4 cm³/mol. The van der Waals surface area contributed by atoms with E-state index in [0.717, 1.165) is 0 Å². The van der Waals surface area contributed by atoms with Crippen LogP contribution >= 0.6 is 0 Å². The molecular weight excluding hydrogens is 216 g/mol. The minimum absolute atomic E-state index is 0.228. The lowest BCUT2D eigenvalue weighted by Gasteiger charge is -2.10. The molecule has 0 aromatic heterocycles. The van der Waals surface area contributed by atoms with Crippen LogP contribution in [0, 0.1) is 0 Å². The zero-order chi connectivity index (χ0) is 12.6. The third-order valence-corrected chi connectivity index (χ3v) is 1.74. The summed E-state index contributed by atoms with van der Waals surface area (Å²) in [7, 11) is 0. The summed E-state index contributed by atoms with van der Waals surface area (Å²) in [6.45, 7) is -0.0218. The normalized spacial score (nSPS) is 11.6. The number of primary amides is 1. The minimum atomic E-state index is -1.12. The highest BCUT2D eigenvalue weighted by Crippen LogP contribution is 1.93. The van der Waals surface area contributed by atoms with E-state index in [0.29, 0.717) is 12.8 Å². The largest absolute Gasteiger partial charge is 0.465 e. The van der Waals surface area contributed by atoms with Crippen molar-refractivity contribution in [2.45, 2.75) is 18.9 Å². The van der Waals surface area contributed by atoms with Gasteiger partial charge >= 0.3 is 6.09 Å². The van der Waals surface area contributed by atoms with Crippen LogP contribution in [0.25, 0.3) is 0 Å². The molecular formula is C8H16N4O4. The van der Waals surface area contributed by atoms with E-state index < -0.39 is 23.9 Å². The molecule has 0 aliphatic rings. The van der Waals surface area contributed by atoms with Gasteiger partial charge in [-0.1, -0.05) is 0 Å². The van der Waals surface area contributed by atoms with Crippen LogP contribution in [0.1, 0.15) is 12.8 Å². The van der Waals surface area contributed by atoms with Gasteiger partial charge in [-0.15, -0.1) is 0 Å². The summed E-state index contributed by atoms with van der Waals surface area (Å²) >= 11 is 0. The van der Waals surface area contributed by atoms with Gasteiger partial charge in [0.1, 0.15) is 0 Å². The van der Waals surface area contributed by atoms with Gasteiger partial charge in [-0.3, -0.25) is 9.59 Å². The average Bonchev–Trinajstić information content (AvgIpc) is 2.20. The maximum Gasteiger partial charge on any atom is 0.404 e. The quantitative estimate of drug-likeness (QED) is 0.321. The van der Waals surface area contributed by atoms with E-state index in [1.807, 2.05) is 0 Å². The molecule has 1 unspecified atom stereocenters. The number of carbonyl (C=O) groups is 3. The molecule has 0 saturated heterocycles. The number of carbonyl (C=O) groups excluding carboxylic acids is 2. The van der Waals surface area contributed by atoms with Crippen LogP contribution in [0.15, 0.2) is 0 Å². The molecule has 3 amide bonds. The number of rotatable bonds is 7. The number of carboxylic acid groups (broad SMARTS) is 1. The monoisotopic (exact) mass is 232 g/mol. The Morgan fingerprint density at radius 2 is 1.88 bits per heavy atom. The first kappa shape index (κ1) is 14.2. The molecule has 0 fully saturated rings. The predicted octanol–water partition coefficient (Wildman–Crippen LogP) is -2.04. The summed E-state index contributed by atoms with van der Waals surface area (Å²) in [5, 5.41) is 12.7. The van der Waals surface area contributed by atoms with Crippen molar-refractivity contribution in [3.63, 3.8) is 0 Å². The van der Waals surface area contributed by atoms with Gasteiger partial charge in [-0.25, -0.2) is 4.79 Å². The number of hydrogen-bond acceptors (Lipinski definition) is 4. The van der Waals surface area contributed by atoms with E-state index in [1.165, 1.54) is 0 Å². The maximum atomic E-state index is 11.2. The van der Waals surface area contributed by atoms with Gasteiger partial charge in [0, 0.05) is 6.54 Å². The molecule has 0 rings (SSSR count). The SMILES string of the molecule is NC(=O)CNC(=O)C(N)CCCNC(=O)O. The highest BCUT2D eigenvalue weighted by atomic mass is 16.4. The molecule has 7 N–H and O–H groups in total. The zero-order valence-electron chi connectivity index (χ0n) is 8.73. The summed E-state index contributed by atoms with van der Waals surface area (Å²) in [5.41, 5.74) is 10.3. The van der Waals surface area contributed by atoms with Crippen LogP contribution in [-0.4, -0.2) is 42.1 Å². The Balaban J connectivity index is 3.62. The van der Waals surface area contributed by atoms with Crippen LogP contribution < -0.4 is 22.1 Å². The van der Waals surface area contributed by atoms with E-state index in [4.69, 9.17) is 16.6 Å². The fraction of sp³-hybridized carbons (Fsp3) is 0.625. The standard InChI is InChI=1S/C8H16N4O4/c9-5(2-1-3-11-8(15)16)7(14)12-4-6(10)13/h5,11H,1-4,9H2,(H2,10,13)(H,12,14)(H,15,16). The topological polar surface area (TPSA) is 148 Å². The molecule has 0 aromatic carbocycles. The second-order valence-electron chi connectivity index (χ2n) is 3.16. The van der Waals surface area contributed by atoms with Gasteiger partial charge in [-0.05, 0) is 12.8 Å². The highest BCUT2D eigenvalue weighted by molar-refractivity contribution is 5.86. The van der Waals surface area contributed by atoms with E-state index in [2.05, 4.69) is 10.6 Å². The number of nitrogens with two attached hydrogens (primary N) is 2. The molecule has 92 valence electrons. The summed E-state index contributed by atoms with van der Waals surface area (Å²) < 4.78 is 0. The minimum Gasteiger partial charge on any atom is -0.465 e. The van der Waals surface area contributed by atoms with Crippen molar-refractivity contribution in [3.8, 4) is 0 Å². The first-order valence-electron chi connectivity index (χ1n) is 4.72. The van der Waals surface area contributed by atoms with Gasteiger partial charge in [0.2, 0.25) is 11.8 Å².